The lowest BCUT2D eigenvalue weighted by molar-refractivity contribution is 0.568. The van der Waals surface area contributed by atoms with Crippen LogP contribution in [0.15, 0.2) is 48.8 Å². The fraction of sp³-hybridized carbons (Fsp3) is 0.412. The van der Waals surface area contributed by atoms with Gasteiger partial charge in [-0.3, -0.25) is 0 Å². The molecule has 102 valence electrons. The van der Waals surface area contributed by atoms with Crippen LogP contribution >= 0.6 is 0 Å². The molecule has 1 unspecified atom stereocenters. The summed E-state index contributed by atoms with van der Waals surface area (Å²) in [5.41, 5.74) is 2.77. The minimum absolute atomic E-state index is 0.443. The molecule has 0 aliphatic carbocycles. The third kappa shape index (κ3) is 4.25. The Labute approximate surface area is 116 Å². The number of rotatable bonds is 7. The van der Waals surface area contributed by atoms with E-state index in [1.165, 1.54) is 17.5 Å². The summed E-state index contributed by atoms with van der Waals surface area (Å²) in [6.07, 6.45) is 6.71. The third-order valence-corrected chi connectivity index (χ3v) is 3.48. The van der Waals surface area contributed by atoms with E-state index in [4.69, 9.17) is 0 Å². The van der Waals surface area contributed by atoms with Crippen LogP contribution in [-0.4, -0.2) is 11.1 Å². The monoisotopic (exact) mass is 256 g/mol. The van der Waals surface area contributed by atoms with Gasteiger partial charge in [0, 0.05) is 25.0 Å². The maximum Gasteiger partial charge on any atom is 0.0306 e. The zero-order valence-electron chi connectivity index (χ0n) is 12.0. The van der Waals surface area contributed by atoms with Gasteiger partial charge in [0.15, 0.2) is 0 Å². The molecule has 0 aliphatic heterocycles. The largest absolute Gasteiger partial charge is 0.354 e. The van der Waals surface area contributed by atoms with Crippen LogP contribution in [0.1, 0.15) is 37.4 Å². The number of hydrogen-bond acceptors (Lipinski definition) is 1. The second-order valence-electron chi connectivity index (χ2n) is 5.09. The predicted molar refractivity (Wildman–Crippen MR) is 81.3 cm³/mol. The molecule has 1 N–H and O–H groups in total. The van der Waals surface area contributed by atoms with Crippen LogP contribution in [0.25, 0.3) is 0 Å². The average molecular weight is 256 g/mol. The van der Waals surface area contributed by atoms with Crippen molar-refractivity contribution in [2.45, 2.75) is 39.3 Å². The van der Waals surface area contributed by atoms with E-state index in [1.54, 1.807) is 0 Å². The summed E-state index contributed by atoms with van der Waals surface area (Å²) in [5, 5.41) is 3.52. The highest BCUT2D eigenvalue weighted by Crippen LogP contribution is 2.13. The van der Waals surface area contributed by atoms with Gasteiger partial charge in [0.25, 0.3) is 0 Å². The topological polar surface area (TPSA) is 17.0 Å². The summed E-state index contributed by atoms with van der Waals surface area (Å²) >= 11 is 0. The van der Waals surface area contributed by atoms with Crippen molar-refractivity contribution in [3.8, 4) is 0 Å². The molecule has 0 aliphatic rings. The van der Waals surface area contributed by atoms with Gasteiger partial charge in [0.05, 0.1) is 0 Å². The first kappa shape index (κ1) is 13.9. The highest BCUT2D eigenvalue weighted by Gasteiger charge is 2.05. The summed E-state index contributed by atoms with van der Waals surface area (Å²) < 4.78 is 2.28. The normalized spacial score (nSPS) is 12.5. The van der Waals surface area contributed by atoms with Gasteiger partial charge in [-0.15, -0.1) is 0 Å². The van der Waals surface area contributed by atoms with E-state index in [2.05, 4.69) is 72.5 Å². The van der Waals surface area contributed by atoms with Gasteiger partial charge in [-0.25, -0.2) is 0 Å². The lowest BCUT2D eigenvalue weighted by Crippen LogP contribution is -2.18. The molecule has 2 heteroatoms. The first-order valence-electron chi connectivity index (χ1n) is 7.22. The summed E-state index contributed by atoms with van der Waals surface area (Å²) in [4.78, 5) is 0. The van der Waals surface area contributed by atoms with Gasteiger partial charge in [0.2, 0.25) is 0 Å². The van der Waals surface area contributed by atoms with Gasteiger partial charge in [-0.1, -0.05) is 37.3 Å². The quantitative estimate of drug-likeness (QED) is 0.797. The maximum absolute atomic E-state index is 3.52. The van der Waals surface area contributed by atoms with E-state index in [0.29, 0.717) is 6.04 Å². The van der Waals surface area contributed by atoms with Crippen molar-refractivity contribution in [3.05, 3.63) is 59.9 Å². The van der Waals surface area contributed by atoms with Gasteiger partial charge < -0.3 is 9.88 Å². The number of hydrogen-bond donors (Lipinski definition) is 1. The molecular formula is C17H24N2. The summed E-state index contributed by atoms with van der Waals surface area (Å²) in [7, 11) is 0. The second-order valence-corrected chi connectivity index (χ2v) is 5.09. The van der Waals surface area contributed by atoms with Crippen LogP contribution in [0.3, 0.4) is 0 Å². The van der Waals surface area contributed by atoms with Gasteiger partial charge in [-0.05, 0) is 43.5 Å². The molecule has 0 fully saturated rings. The van der Waals surface area contributed by atoms with Gasteiger partial charge in [-0.2, -0.15) is 0 Å². The van der Waals surface area contributed by atoms with E-state index >= 15 is 0 Å². The molecule has 2 aromatic rings. The van der Waals surface area contributed by atoms with Crippen LogP contribution in [0.5, 0.6) is 0 Å². The first-order chi connectivity index (χ1) is 9.29. The molecule has 0 saturated heterocycles. The molecule has 1 aromatic heterocycles. The molecule has 19 heavy (non-hydrogen) atoms. The first-order valence-corrected chi connectivity index (χ1v) is 7.22. The standard InChI is InChI=1S/C17H24N2/c1-3-11-18-15(2)17-10-13-19(14-17)12-9-16-7-5-4-6-8-16/h4-8,10,13-15,18H,3,9,11-12H2,1-2H3. The average Bonchev–Trinajstić information content (AvgIpc) is 2.92. The summed E-state index contributed by atoms with van der Waals surface area (Å²) in [6, 6.07) is 13.3. The number of benzene rings is 1. The lowest BCUT2D eigenvalue weighted by Gasteiger charge is -2.11. The molecule has 2 rings (SSSR count). The molecule has 0 amide bonds. The van der Waals surface area contributed by atoms with E-state index in [9.17, 15) is 0 Å². The van der Waals surface area contributed by atoms with Crippen molar-refractivity contribution in [2.24, 2.45) is 0 Å². The zero-order chi connectivity index (χ0) is 13.5. The highest BCUT2D eigenvalue weighted by atomic mass is 15.0. The molecule has 1 aromatic carbocycles. The minimum atomic E-state index is 0.443. The second kappa shape index (κ2) is 7.15. The SMILES string of the molecule is CCCNC(C)c1ccn(CCc2ccccc2)c1. The van der Waals surface area contributed by atoms with Crippen molar-refractivity contribution in [1.29, 1.82) is 0 Å². The molecule has 0 radical (unpaired) electrons. The van der Waals surface area contributed by atoms with Gasteiger partial charge >= 0.3 is 0 Å². The molecular weight excluding hydrogens is 232 g/mol. The summed E-state index contributed by atoms with van der Waals surface area (Å²) in [6.45, 7) is 6.55. The molecule has 2 nitrogen and oxygen atoms in total. The molecule has 0 spiro atoms. The van der Waals surface area contributed by atoms with E-state index in [-0.39, 0.29) is 0 Å². The minimum Gasteiger partial charge on any atom is -0.354 e. The van der Waals surface area contributed by atoms with Crippen molar-refractivity contribution in [1.82, 2.24) is 9.88 Å². The van der Waals surface area contributed by atoms with Crippen LogP contribution in [-0.2, 0) is 13.0 Å². The molecule has 0 bridgehead atoms. The van der Waals surface area contributed by atoms with Gasteiger partial charge in [0.1, 0.15) is 0 Å². The van der Waals surface area contributed by atoms with Crippen molar-refractivity contribution in [3.63, 3.8) is 0 Å². The zero-order valence-corrected chi connectivity index (χ0v) is 12.0. The Balaban J connectivity index is 1.87. The van der Waals surface area contributed by atoms with Crippen molar-refractivity contribution < 1.29 is 0 Å². The molecule has 1 heterocycles. The van der Waals surface area contributed by atoms with Crippen molar-refractivity contribution >= 4 is 0 Å². The Morgan fingerprint density at radius 2 is 1.95 bits per heavy atom. The maximum atomic E-state index is 3.52. The Morgan fingerprint density at radius 1 is 1.16 bits per heavy atom. The van der Waals surface area contributed by atoms with E-state index in [1.807, 2.05) is 0 Å². The Hall–Kier alpha value is -1.54. The fourth-order valence-electron chi connectivity index (χ4n) is 2.24. The Kier molecular flexibility index (Phi) is 5.22. The van der Waals surface area contributed by atoms with E-state index in [0.717, 1.165) is 19.5 Å². The van der Waals surface area contributed by atoms with Crippen LogP contribution < -0.4 is 5.32 Å². The van der Waals surface area contributed by atoms with Crippen LogP contribution in [0, 0.1) is 0 Å². The number of nitrogens with zero attached hydrogens (tertiary/aromatic N) is 1. The van der Waals surface area contributed by atoms with Crippen LogP contribution in [0.2, 0.25) is 0 Å². The number of nitrogens with one attached hydrogen (secondary N) is 1. The number of aryl methyl sites for hydroxylation is 2. The number of aromatic nitrogens is 1. The molecule has 0 saturated carbocycles. The van der Waals surface area contributed by atoms with Crippen molar-refractivity contribution in [2.75, 3.05) is 6.54 Å². The Bertz CT molecular complexity index is 473. The fourth-order valence-corrected chi connectivity index (χ4v) is 2.24. The van der Waals surface area contributed by atoms with E-state index < -0.39 is 0 Å². The Morgan fingerprint density at radius 3 is 2.68 bits per heavy atom. The third-order valence-electron chi connectivity index (χ3n) is 3.48. The smallest absolute Gasteiger partial charge is 0.0306 e. The predicted octanol–water partition coefficient (Wildman–Crippen LogP) is 3.79. The summed E-state index contributed by atoms with van der Waals surface area (Å²) in [5.74, 6) is 0. The lowest BCUT2D eigenvalue weighted by atomic mass is 10.1. The van der Waals surface area contributed by atoms with Crippen LogP contribution in [0.4, 0.5) is 0 Å². The highest BCUT2D eigenvalue weighted by molar-refractivity contribution is 5.17. The molecule has 1 atom stereocenters.